The number of phenols is 1. The number of aryl methyl sites for hydroxylation is 2. The number of aromatic amines is 1. The third-order valence-electron chi connectivity index (χ3n) is 17.7. The van der Waals surface area contributed by atoms with Crippen molar-refractivity contribution in [3.05, 3.63) is 194 Å². The zero-order valence-corrected chi connectivity index (χ0v) is 47.3. The molecule has 2 fully saturated rings. The van der Waals surface area contributed by atoms with E-state index in [4.69, 9.17) is 35.1 Å². The summed E-state index contributed by atoms with van der Waals surface area (Å²) >= 11 is 0. The van der Waals surface area contributed by atoms with Gasteiger partial charge in [-0.3, -0.25) is 4.79 Å². The highest BCUT2D eigenvalue weighted by atomic mass is 16.5. The fourth-order valence-corrected chi connectivity index (χ4v) is 13.6. The number of aliphatic hydroxyl groups excluding tert-OH is 2. The lowest BCUT2D eigenvalue weighted by Crippen LogP contribution is -2.60. The van der Waals surface area contributed by atoms with Gasteiger partial charge in [-0.25, -0.2) is 4.99 Å². The van der Waals surface area contributed by atoms with Crippen molar-refractivity contribution < 1.29 is 33.9 Å². The second-order valence-electron chi connectivity index (χ2n) is 23.3. The average molecular weight is 1120 g/mol. The third kappa shape index (κ3) is 11.5. The van der Waals surface area contributed by atoms with Crippen LogP contribution in [-0.4, -0.2) is 85.0 Å². The molecule has 6 heterocycles. The number of guanidine groups is 1. The molecule has 6 atom stereocenters. The Morgan fingerprint density at radius 2 is 1.70 bits per heavy atom. The molecule has 0 radical (unpaired) electrons. The number of anilines is 1. The van der Waals surface area contributed by atoms with E-state index in [-0.39, 0.29) is 89.0 Å². The lowest BCUT2D eigenvalue weighted by Gasteiger charge is -2.49. The molecule has 83 heavy (non-hydrogen) atoms. The molecule has 1 spiro atoms. The van der Waals surface area contributed by atoms with Gasteiger partial charge in [0.2, 0.25) is 5.75 Å². The Kier molecular flexibility index (Phi) is 15.9. The Hall–Kier alpha value is -8.30. The van der Waals surface area contributed by atoms with Crippen molar-refractivity contribution in [2.45, 2.75) is 88.2 Å². The Balaban J connectivity index is 1.04. The normalized spacial score (nSPS) is 21.0. The van der Waals surface area contributed by atoms with Gasteiger partial charge in [0.15, 0.2) is 22.9 Å². The van der Waals surface area contributed by atoms with Crippen LogP contribution in [0.4, 0.5) is 11.5 Å². The molecule has 428 valence electrons. The summed E-state index contributed by atoms with van der Waals surface area (Å²) in [5, 5.41) is 36.8. The molecular formula is C69H74N6O8. The van der Waals surface area contributed by atoms with Crippen LogP contribution in [0, 0.1) is 11.8 Å². The number of rotatable bonds is 10. The van der Waals surface area contributed by atoms with Gasteiger partial charge in [0.25, 0.3) is 0 Å². The summed E-state index contributed by atoms with van der Waals surface area (Å²) in [6, 6.07) is 44.7. The van der Waals surface area contributed by atoms with E-state index in [1.165, 1.54) is 35.6 Å². The van der Waals surface area contributed by atoms with E-state index in [1.807, 2.05) is 36.4 Å². The van der Waals surface area contributed by atoms with Gasteiger partial charge in [-0.1, -0.05) is 110 Å². The van der Waals surface area contributed by atoms with Crippen molar-refractivity contribution in [1.82, 2.24) is 10.3 Å². The second kappa shape index (κ2) is 23.9. The summed E-state index contributed by atoms with van der Waals surface area (Å²) in [4.78, 5) is 26.5. The highest BCUT2D eigenvalue weighted by Gasteiger charge is 2.50. The molecule has 2 aromatic heterocycles. The maximum Gasteiger partial charge on any atom is 0.204 e. The highest BCUT2D eigenvalue weighted by Crippen LogP contribution is 2.53. The Bertz CT molecular complexity index is 3760. The molecule has 14 heteroatoms. The van der Waals surface area contributed by atoms with E-state index in [2.05, 4.69) is 94.9 Å². The van der Waals surface area contributed by atoms with Gasteiger partial charge in [0.05, 0.1) is 38.2 Å². The molecule has 5 aliphatic rings. The summed E-state index contributed by atoms with van der Waals surface area (Å²) in [6.45, 7) is 4.52. The summed E-state index contributed by atoms with van der Waals surface area (Å²) < 4.78 is 26.8. The van der Waals surface area contributed by atoms with Crippen LogP contribution in [0.1, 0.15) is 83.2 Å². The maximum atomic E-state index is 14.9. The second-order valence-corrected chi connectivity index (χ2v) is 23.3. The fraction of sp³-hybridized carbons (Fsp3) is 0.333. The van der Waals surface area contributed by atoms with Crippen LogP contribution < -0.4 is 41.3 Å². The van der Waals surface area contributed by atoms with Crippen LogP contribution in [0.15, 0.2) is 154 Å². The summed E-state index contributed by atoms with van der Waals surface area (Å²) in [5.74, 6) is 2.15. The van der Waals surface area contributed by atoms with Crippen molar-refractivity contribution in [1.29, 1.82) is 0 Å². The summed E-state index contributed by atoms with van der Waals surface area (Å²) in [6.07, 6.45) is 9.02. The monoisotopic (exact) mass is 1110 g/mol. The summed E-state index contributed by atoms with van der Waals surface area (Å²) in [5.41, 5.74) is 24.1. The number of piperazine rings is 1. The largest absolute Gasteiger partial charge is 0.508 e. The van der Waals surface area contributed by atoms with E-state index >= 15 is 0 Å². The minimum absolute atomic E-state index is 0.00454. The number of methoxy groups -OCH3 is 1. The first-order valence-electron chi connectivity index (χ1n) is 29.3. The smallest absolute Gasteiger partial charge is 0.204 e. The van der Waals surface area contributed by atoms with E-state index in [1.54, 1.807) is 30.3 Å². The number of fused-ring (bicyclic) bond motifs is 11. The molecule has 14 nitrogen and oxygen atoms in total. The van der Waals surface area contributed by atoms with Crippen molar-refractivity contribution in [3.8, 4) is 45.4 Å². The topological polar surface area (TPSA) is 214 Å². The number of aliphatic imine (C=N–C) groups is 1. The number of aliphatic hydroxyl groups is 2. The van der Waals surface area contributed by atoms with Crippen LogP contribution >= 0.6 is 0 Å². The molecule has 1 saturated carbocycles. The SMILES string of the molecule is COc1c2c(c3oc(-c4ccc(O)cc4)cc(=O)c3c1OCC[C@@H](O)/C=C/c1ccccc1)CCc1cccc(c1)-c1cc3[nH]c1N1CCNC[C@H]1[C@@]1(CC[C@@H](Cc4cccc(c4)C[C@H]3C)C1)c1ccc(c(N=C(N)N)c1)C[C@@H](CO)CO2. The number of phenolic OH excluding ortho intramolecular Hbond substituents is 1. The first-order chi connectivity index (χ1) is 40.4. The standard InChI is InChI=1S/C69H74N6O8/c1-42-30-45-11-6-12-46(31-45)32-47-24-26-69(38-47)52-19-16-51(58(35-52)74-68(70)71)34-48(40-76)41-82-64-55(23-15-44-10-7-13-50(33-44)56-36-57(42)73-67(56)75-28-27-72-39-61(69)75)63-62(59(79)37-60(83-63)49-17-21-53(77)22-18-49)65(66(64)80-2)81-29-25-54(78)20-14-43-8-4-3-5-9-43/h3-14,16-22,31,33,35-37,42,47-48,54,61,72-73,76-78H,15,23-30,32,34,38-41H2,1-2H3,(H4,70,71,74)/b20-14+/t42-,47+,48+,54+,61+,69-/m1/s1. The number of benzene rings is 6. The van der Waals surface area contributed by atoms with Crippen LogP contribution in [0.5, 0.6) is 23.0 Å². The van der Waals surface area contributed by atoms with Crippen molar-refractivity contribution in [3.63, 3.8) is 0 Å². The third-order valence-corrected chi connectivity index (χ3v) is 17.7. The quantitative estimate of drug-likeness (QED) is 0.0503. The van der Waals surface area contributed by atoms with Gasteiger partial charge in [-0.05, 0) is 133 Å². The molecule has 0 unspecified atom stereocenters. The van der Waals surface area contributed by atoms with Crippen LogP contribution in [0.25, 0.3) is 39.5 Å². The number of H-pyrrole nitrogens is 1. The van der Waals surface area contributed by atoms with E-state index in [0.29, 0.717) is 47.7 Å². The molecule has 4 aliphatic heterocycles. The molecule has 1 aliphatic carbocycles. The van der Waals surface area contributed by atoms with Gasteiger partial charge in [0, 0.05) is 78.4 Å². The van der Waals surface area contributed by atoms with Gasteiger partial charge in [-0.15, -0.1) is 0 Å². The van der Waals surface area contributed by atoms with Gasteiger partial charge < -0.3 is 60.6 Å². The van der Waals surface area contributed by atoms with E-state index < -0.39 is 12.0 Å². The Morgan fingerprint density at radius 1 is 0.892 bits per heavy atom. The van der Waals surface area contributed by atoms with Crippen molar-refractivity contribution >= 4 is 34.5 Å². The predicted molar refractivity (Wildman–Crippen MR) is 328 cm³/mol. The van der Waals surface area contributed by atoms with Crippen molar-refractivity contribution in [2.75, 3.05) is 51.5 Å². The first-order valence-corrected chi connectivity index (χ1v) is 29.3. The zero-order chi connectivity index (χ0) is 57.2. The molecule has 8 aromatic rings. The van der Waals surface area contributed by atoms with Crippen LogP contribution in [-0.2, 0) is 37.5 Å². The first kappa shape index (κ1) is 55.2. The predicted octanol–water partition coefficient (Wildman–Crippen LogP) is 10.7. The molecule has 6 aromatic carbocycles. The minimum Gasteiger partial charge on any atom is -0.508 e. The Morgan fingerprint density at radius 3 is 2.51 bits per heavy atom. The number of ether oxygens (including phenoxy) is 3. The van der Waals surface area contributed by atoms with Crippen LogP contribution in [0.2, 0.25) is 0 Å². The molecule has 10 bridgehead atoms. The molecular weight excluding hydrogens is 1040 g/mol. The molecule has 13 rings (SSSR count). The number of hydrogen-bond acceptors (Lipinski definition) is 11. The fourth-order valence-electron chi connectivity index (χ4n) is 13.6. The Labute approximate surface area is 484 Å². The number of nitrogens with zero attached hydrogens (tertiary/aromatic N) is 2. The van der Waals surface area contributed by atoms with Gasteiger partial charge in [-0.2, -0.15) is 0 Å². The maximum absolute atomic E-state index is 14.9. The van der Waals surface area contributed by atoms with Gasteiger partial charge in [0.1, 0.15) is 28.3 Å². The van der Waals surface area contributed by atoms with E-state index in [0.717, 1.165) is 85.4 Å². The summed E-state index contributed by atoms with van der Waals surface area (Å²) in [7, 11) is 1.52. The highest BCUT2D eigenvalue weighted by molar-refractivity contribution is 5.93. The number of nitrogens with one attached hydrogen (secondary N) is 2. The number of nitrogens with two attached hydrogens (primary N) is 2. The number of aromatic nitrogens is 1. The molecule has 9 N–H and O–H groups in total. The molecule has 1 saturated heterocycles. The number of hydrogen-bond donors (Lipinski definition) is 7. The van der Waals surface area contributed by atoms with E-state index in [9.17, 15) is 20.1 Å². The minimum atomic E-state index is -0.868. The lowest BCUT2D eigenvalue weighted by atomic mass is 9.70. The van der Waals surface area contributed by atoms with Crippen molar-refractivity contribution in [2.24, 2.45) is 28.3 Å². The molecule has 0 amide bonds. The average Bonchev–Trinajstić information content (AvgIpc) is 2.79. The van der Waals surface area contributed by atoms with Crippen LogP contribution in [0.3, 0.4) is 0 Å². The zero-order valence-electron chi connectivity index (χ0n) is 47.3. The lowest BCUT2D eigenvalue weighted by molar-refractivity contribution is 0.157. The van der Waals surface area contributed by atoms with Gasteiger partial charge >= 0.3 is 0 Å². The number of aromatic hydroxyl groups is 1.